The lowest BCUT2D eigenvalue weighted by Gasteiger charge is -2.22. The summed E-state index contributed by atoms with van der Waals surface area (Å²) in [7, 11) is 0. The molecular weight excluding hydrogens is 546 g/mol. The zero-order valence-corrected chi connectivity index (χ0v) is 23.3. The minimum Gasteiger partial charge on any atom is -0.368 e. The van der Waals surface area contributed by atoms with Gasteiger partial charge in [-0.05, 0) is 50.8 Å². The van der Waals surface area contributed by atoms with Gasteiger partial charge in [-0.1, -0.05) is 30.3 Å². The van der Waals surface area contributed by atoms with Crippen LogP contribution in [0.5, 0.6) is 0 Å². The second kappa shape index (κ2) is 14.6. The van der Waals surface area contributed by atoms with E-state index in [1.807, 2.05) is 30.3 Å². The highest BCUT2D eigenvalue weighted by Crippen LogP contribution is 2.26. The van der Waals surface area contributed by atoms with Gasteiger partial charge >= 0.3 is 0 Å². The molecule has 2 aromatic carbocycles. The lowest BCUT2D eigenvalue weighted by Crippen LogP contribution is -2.52. The van der Waals surface area contributed by atoms with Crippen molar-refractivity contribution in [3.8, 4) is 0 Å². The molecule has 0 saturated carbocycles. The molecule has 7 N–H and O–H groups in total. The number of amides is 5. The SMILES string of the molecule is C[C@@H]1NC(=O)c2ccc(c([N+](=O)[O-])c2)N[C@@H](C)C(=O)NC(Cc2ccccc2)C(=O)NCCCC[C@@H](C(N)=O)NC1=O. The molecule has 2 aliphatic rings. The van der Waals surface area contributed by atoms with Crippen LogP contribution in [0, 0.1) is 10.1 Å². The normalized spacial score (nSPS) is 22.8. The number of rotatable bonds is 4. The monoisotopic (exact) mass is 581 g/mol. The van der Waals surface area contributed by atoms with Gasteiger partial charge in [-0.2, -0.15) is 0 Å². The number of nitrogens with zero attached hydrogens (tertiary/aromatic N) is 1. The number of anilines is 1. The van der Waals surface area contributed by atoms with E-state index in [4.69, 9.17) is 5.73 Å². The van der Waals surface area contributed by atoms with Crippen LogP contribution in [0.3, 0.4) is 0 Å². The lowest BCUT2D eigenvalue weighted by molar-refractivity contribution is -0.384. The Morgan fingerprint density at radius 2 is 1.57 bits per heavy atom. The molecule has 4 atom stereocenters. The average molecular weight is 582 g/mol. The fourth-order valence-electron chi connectivity index (χ4n) is 4.34. The second-order valence-corrected chi connectivity index (χ2v) is 10.1. The number of hydrogen-bond donors (Lipinski definition) is 6. The Bertz CT molecular complexity index is 1340. The smallest absolute Gasteiger partial charge is 0.293 e. The summed E-state index contributed by atoms with van der Waals surface area (Å²) in [5.41, 5.74) is 5.67. The summed E-state index contributed by atoms with van der Waals surface area (Å²) >= 11 is 0. The summed E-state index contributed by atoms with van der Waals surface area (Å²) in [5.74, 6) is -3.19. The van der Waals surface area contributed by atoms with Crippen molar-refractivity contribution in [3.63, 3.8) is 0 Å². The molecule has 0 aromatic heterocycles. The highest BCUT2D eigenvalue weighted by molar-refractivity contribution is 5.99. The zero-order valence-electron chi connectivity index (χ0n) is 23.3. The van der Waals surface area contributed by atoms with Gasteiger partial charge in [-0.3, -0.25) is 34.1 Å². The third-order valence-corrected chi connectivity index (χ3v) is 6.76. The number of nitrogens with two attached hydrogens (primary N) is 1. The molecule has 2 bridgehead atoms. The van der Waals surface area contributed by atoms with Gasteiger partial charge < -0.3 is 32.3 Å². The van der Waals surface area contributed by atoms with Crippen molar-refractivity contribution in [2.75, 3.05) is 11.9 Å². The van der Waals surface area contributed by atoms with Gasteiger partial charge in [0.2, 0.25) is 23.6 Å². The minimum absolute atomic E-state index is 0.0238. The van der Waals surface area contributed by atoms with Crippen LogP contribution in [0.25, 0.3) is 0 Å². The van der Waals surface area contributed by atoms with Crippen LogP contribution in [0.2, 0.25) is 0 Å². The van der Waals surface area contributed by atoms with E-state index < -0.39 is 64.3 Å². The quantitative estimate of drug-likeness (QED) is 0.169. The Balaban J connectivity index is 1.90. The molecule has 0 saturated heterocycles. The van der Waals surface area contributed by atoms with E-state index in [-0.39, 0.29) is 30.6 Å². The van der Waals surface area contributed by atoms with Crippen molar-refractivity contribution in [3.05, 3.63) is 69.8 Å². The Morgan fingerprint density at radius 3 is 2.24 bits per heavy atom. The summed E-state index contributed by atoms with van der Waals surface area (Å²) < 4.78 is 0. The van der Waals surface area contributed by atoms with E-state index in [0.29, 0.717) is 12.8 Å². The first-order valence-electron chi connectivity index (χ1n) is 13.5. The number of nitro groups is 1. The van der Waals surface area contributed by atoms with Gasteiger partial charge in [0.05, 0.1) is 4.92 Å². The number of primary amides is 1. The van der Waals surface area contributed by atoms with E-state index in [2.05, 4.69) is 26.6 Å². The van der Waals surface area contributed by atoms with Crippen LogP contribution < -0.4 is 32.3 Å². The van der Waals surface area contributed by atoms with Crippen LogP contribution in [0.1, 0.15) is 49.0 Å². The molecule has 1 unspecified atom stereocenters. The molecule has 0 aliphatic carbocycles. The predicted molar refractivity (Wildman–Crippen MR) is 153 cm³/mol. The average Bonchev–Trinajstić information content (AvgIpc) is 2.95. The number of nitrogens with one attached hydrogen (secondary N) is 5. The van der Waals surface area contributed by atoms with E-state index >= 15 is 0 Å². The first-order valence-corrected chi connectivity index (χ1v) is 13.5. The Labute approximate surface area is 242 Å². The third kappa shape index (κ3) is 8.74. The van der Waals surface area contributed by atoms with Gasteiger partial charge in [0, 0.05) is 24.6 Å². The topological polar surface area (TPSA) is 215 Å². The van der Waals surface area contributed by atoms with E-state index in [0.717, 1.165) is 11.6 Å². The molecule has 2 heterocycles. The number of benzene rings is 2. The van der Waals surface area contributed by atoms with Crippen LogP contribution in [0.15, 0.2) is 48.5 Å². The summed E-state index contributed by atoms with van der Waals surface area (Å²) in [6.45, 7) is 3.12. The number of hydrogen-bond acceptors (Lipinski definition) is 8. The summed E-state index contributed by atoms with van der Waals surface area (Å²) in [5, 5.41) is 25.1. The maximum absolute atomic E-state index is 13.1. The maximum atomic E-state index is 13.1. The van der Waals surface area contributed by atoms with Crippen LogP contribution >= 0.6 is 0 Å². The van der Waals surface area contributed by atoms with Gasteiger partial charge in [0.1, 0.15) is 29.9 Å². The summed E-state index contributed by atoms with van der Waals surface area (Å²) in [6.07, 6.45) is 1.28. The molecular formula is C28H35N7O7. The van der Waals surface area contributed by atoms with Crippen LogP contribution in [0.4, 0.5) is 11.4 Å². The standard InChI is InChI=1S/C28H35N7O7/c1-16-25(37)34-22(14-18-8-4-3-5-9-18)28(40)30-13-7-6-10-21(24(29)36)33-26(38)17(2)32-27(39)19-11-12-20(31-16)23(15-19)35(41)42/h3-5,8-9,11-12,15-17,21-22,31H,6-7,10,13-14H2,1-2H3,(H2,29,36)(H,30,40)(H,32,39)(H,33,38)(H,34,37)/t16-,17-,21-,22?/m0/s1. The second-order valence-electron chi connectivity index (χ2n) is 10.1. The molecule has 4 rings (SSSR count). The molecule has 0 fully saturated rings. The molecule has 42 heavy (non-hydrogen) atoms. The third-order valence-electron chi connectivity index (χ3n) is 6.76. The fraction of sp³-hybridized carbons (Fsp3) is 0.393. The first kappa shape index (κ1) is 31.5. The van der Waals surface area contributed by atoms with Crippen molar-refractivity contribution in [1.29, 1.82) is 0 Å². The van der Waals surface area contributed by atoms with Gasteiger partial charge in [0.25, 0.3) is 11.6 Å². The molecule has 14 heteroatoms. The lowest BCUT2D eigenvalue weighted by atomic mass is 10.0. The molecule has 0 spiro atoms. The molecule has 2 aromatic rings. The molecule has 2 aliphatic heterocycles. The molecule has 224 valence electrons. The number of carbonyl (C=O) groups is 5. The fourth-order valence-corrected chi connectivity index (χ4v) is 4.34. The largest absolute Gasteiger partial charge is 0.368 e. The number of carbonyl (C=O) groups excluding carboxylic acids is 5. The molecule has 5 amide bonds. The van der Waals surface area contributed by atoms with Crippen LogP contribution in [-0.2, 0) is 25.6 Å². The zero-order chi connectivity index (χ0) is 30.8. The Hall–Kier alpha value is -5.01. The summed E-state index contributed by atoms with van der Waals surface area (Å²) in [4.78, 5) is 74.7. The van der Waals surface area contributed by atoms with Crippen molar-refractivity contribution < 1.29 is 28.9 Å². The Morgan fingerprint density at radius 1 is 0.905 bits per heavy atom. The van der Waals surface area contributed by atoms with Crippen LogP contribution in [-0.4, -0.2) is 65.2 Å². The maximum Gasteiger partial charge on any atom is 0.293 e. The van der Waals surface area contributed by atoms with Crippen molar-refractivity contribution >= 4 is 40.9 Å². The van der Waals surface area contributed by atoms with Gasteiger partial charge in [-0.25, -0.2) is 0 Å². The Kier molecular flexibility index (Phi) is 10.9. The highest BCUT2D eigenvalue weighted by atomic mass is 16.6. The molecule has 14 nitrogen and oxygen atoms in total. The summed E-state index contributed by atoms with van der Waals surface area (Å²) in [6, 6.07) is 8.66. The van der Waals surface area contributed by atoms with Gasteiger partial charge in [0.15, 0.2) is 0 Å². The number of fused-ring (bicyclic) bond motifs is 18. The van der Waals surface area contributed by atoms with E-state index in [9.17, 15) is 34.1 Å². The predicted octanol–water partition coefficient (Wildman–Crippen LogP) is 0.511. The van der Waals surface area contributed by atoms with Crippen molar-refractivity contribution in [1.82, 2.24) is 21.3 Å². The van der Waals surface area contributed by atoms with E-state index in [1.165, 1.54) is 26.0 Å². The van der Waals surface area contributed by atoms with Crippen molar-refractivity contribution in [2.24, 2.45) is 5.73 Å². The van der Waals surface area contributed by atoms with Crippen molar-refractivity contribution in [2.45, 2.75) is 63.7 Å². The highest BCUT2D eigenvalue weighted by Gasteiger charge is 2.27. The minimum atomic E-state index is -1.09. The molecule has 0 radical (unpaired) electrons. The number of nitro benzene ring substituents is 1. The first-order chi connectivity index (χ1) is 20.0. The van der Waals surface area contributed by atoms with E-state index in [1.54, 1.807) is 0 Å². The van der Waals surface area contributed by atoms with Gasteiger partial charge in [-0.15, -0.1) is 0 Å².